The first-order valence-electron chi connectivity index (χ1n) is 8.58. The van der Waals surface area contributed by atoms with Crippen molar-refractivity contribution in [3.63, 3.8) is 0 Å². The Morgan fingerprint density at radius 2 is 1.81 bits per heavy atom. The second-order valence-corrected chi connectivity index (χ2v) is 7.19. The molecule has 3 aromatic carbocycles. The fourth-order valence-electron chi connectivity index (χ4n) is 3.20. The number of halogens is 1. The van der Waals surface area contributed by atoms with E-state index in [-0.39, 0.29) is 5.91 Å². The van der Waals surface area contributed by atoms with Crippen molar-refractivity contribution in [2.24, 2.45) is 0 Å². The number of rotatable bonds is 4. The first-order chi connectivity index (χ1) is 12.7. The van der Waals surface area contributed by atoms with Gasteiger partial charge < -0.3 is 9.64 Å². The third-order valence-corrected chi connectivity index (χ3v) is 5.05. The Kier molecular flexibility index (Phi) is 4.76. The third kappa shape index (κ3) is 3.51. The molecule has 4 rings (SSSR count). The molecule has 1 amide bonds. The maximum absolute atomic E-state index is 13.0. The molecule has 4 heteroatoms. The highest BCUT2D eigenvalue weighted by Crippen LogP contribution is 2.29. The van der Waals surface area contributed by atoms with Crippen LogP contribution in [0.15, 0.2) is 77.3 Å². The molecule has 0 aromatic heterocycles. The van der Waals surface area contributed by atoms with Gasteiger partial charge in [-0.1, -0.05) is 46.3 Å². The number of nitrogens with zero attached hydrogens (tertiary/aromatic N) is 1. The first-order valence-corrected chi connectivity index (χ1v) is 9.37. The van der Waals surface area contributed by atoms with E-state index < -0.39 is 0 Å². The van der Waals surface area contributed by atoms with E-state index in [0.717, 1.165) is 34.4 Å². The zero-order valence-corrected chi connectivity index (χ0v) is 15.8. The molecular formula is C22H18BrNO2. The van der Waals surface area contributed by atoms with Crippen molar-refractivity contribution in [1.82, 2.24) is 0 Å². The van der Waals surface area contributed by atoms with Crippen LogP contribution in [0.25, 0.3) is 0 Å². The number of fused-ring (bicyclic) bond motifs is 1. The Bertz CT molecular complexity index is 937. The van der Waals surface area contributed by atoms with Crippen LogP contribution < -0.4 is 9.64 Å². The summed E-state index contributed by atoms with van der Waals surface area (Å²) in [4.78, 5) is 14.8. The monoisotopic (exact) mass is 407 g/mol. The zero-order chi connectivity index (χ0) is 17.9. The fourth-order valence-corrected chi connectivity index (χ4v) is 3.46. The van der Waals surface area contributed by atoms with Crippen molar-refractivity contribution < 1.29 is 9.53 Å². The Balaban J connectivity index is 1.49. The molecule has 26 heavy (non-hydrogen) atoms. The van der Waals surface area contributed by atoms with Gasteiger partial charge in [0.2, 0.25) is 0 Å². The highest BCUT2D eigenvalue weighted by Gasteiger charge is 2.25. The average Bonchev–Trinajstić information content (AvgIpc) is 3.11. The van der Waals surface area contributed by atoms with E-state index in [1.165, 1.54) is 5.56 Å². The van der Waals surface area contributed by atoms with Gasteiger partial charge in [0.25, 0.3) is 5.91 Å². The number of hydrogen-bond donors (Lipinski definition) is 0. The molecule has 0 aliphatic carbocycles. The molecule has 1 aliphatic rings. The molecule has 0 atom stereocenters. The summed E-state index contributed by atoms with van der Waals surface area (Å²) in [5.41, 5.74) is 3.93. The molecule has 0 N–H and O–H groups in total. The van der Waals surface area contributed by atoms with Crippen LogP contribution in [-0.2, 0) is 13.0 Å². The van der Waals surface area contributed by atoms with Gasteiger partial charge in [-0.25, -0.2) is 0 Å². The number of hydrogen-bond acceptors (Lipinski definition) is 2. The second kappa shape index (κ2) is 7.34. The Labute approximate surface area is 161 Å². The highest BCUT2D eigenvalue weighted by molar-refractivity contribution is 9.10. The summed E-state index contributed by atoms with van der Waals surface area (Å²) in [7, 11) is 0. The summed E-state index contributed by atoms with van der Waals surface area (Å²) < 4.78 is 6.83. The lowest BCUT2D eigenvalue weighted by atomic mass is 10.1. The van der Waals surface area contributed by atoms with Gasteiger partial charge in [-0.05, 0) is 60.0 Å². The Morgan fingerprint density at radius 1 is 1.00 bits per heavy atom. The fraction of sp³-hybridized carbons (Fsp3) is 0.136. The molecule has 0 saturated carbocycles. The van der Waals surface area contributed by atoms with Gasteiger partial charge in [0.05, 0.1) is 0 Å². The number of carbonyl (C=O) groups is 1. The number of amides is 1. The van der Waals surface area contributed by atoms with Crippen molar-refractivity contribution >= 4 is 27.5 Å². The van der Waals surface area contributed by atoms with Crippen molar-refractivity contribution in [2.75, 3.05) is 11.4 Å². The van der Waals surface area contributed by atoms with Gasteiger partial charge in [0.1, 0.15) is 12.4 Å². The van der Waals surface area contributed by atoms with Crippen LogP contribution in [0.5, 0.6) is 5.75 Å². The maximum Gasteiger partial charge on any atom is 0.258 e. The summed E-state index contributed by atoms with van der Waals surface area (Å²) in [6, 6.07) is 23.5. The molecule has 0 fully saturated rings. The molecule has 0 bridgehead atoms. The Morgan fingerprint density at radius 3 is 2.65 bits per heavy atom. The summed E-state index contributed by atoms with van der Waals surface area (Å²) in [5.74, 6) is 0.846. The number of ether oxygens (including phenoxy) is 1. The van der Waals surface area contributed by atoms with Crippen LogP contribution in [0.3, 0.4) is 0 Å². The van der Waals surface area contributed by atoms with Crippen LogP contribution in [0.1, 0.15) is 21.5 Å². The van der Waals surface area contributed by atoms with Gasteiger partial charge in [0.15, 0.2) is 0 Å². The molecule has 0 spiro atoms. The molecule has 1 heterocycles. The topological polar surface area (TPSA) is 29.5 Å². The van der Waals surface area contributed by atoms with E-state index in [1.807, 2.05) is 71.6 Å². The maximum atomic E-state index is 13.0. The number of benzene rings is 3. The van der Waals surface area contributed by atoms with Crippen molar-refractivity contribution in [3.05, 3.63) is 94.0 Å². The van der Waals surface area contributed by atoms with Gasteiger partial charge in [0, 0.05) is 22.3 Å². The molecule has 130 valence electrons. The van der Waals surface area contributed by atoms with Crippen molar-refractivity contribution in [1.29, 1.82) is 0 Å². The van der Waals surface area contributed by atoms with Crippen LogP contribution in [-0.4, -0.2) is 12.5 Å². The minimum absolute atomic E-state index is 0.0421. The minimum atomic E-state index is 0.0421. The van der Waals surface area contributed by atoms with Crippen LogP contribution in [0.2, 0.25) is 0 Å². The quantitative estimate of drug-likeness (QED) is 0.592. The lowest BCUT2D eigenvalue weighted by molar-refractivity contribution is 0.0989. The molecule has 0 unspecified atom stereocenters. The van der Waals surface area contributed by atoms with Gasteiger partial charge >= 0.3 is 0 Å². The molecule has 1 aliphatic heterocycles. The van der Waals surface area contributed by atoms with Gasteiger partial charge in [-0.2, -0.15) is 0 Å². The normalized spacial score (nSPS) is 12.7. The standard InChI is InChI=1S/C22H18BrNO2/c23-19-8-10-20(11-9-19)26-15-16-4-3-6-18(14-16)22(25)24-13-12-17-5-1-2-7-21(17)24/h1-11,14H,12-13,15H2. The van der Waals surface area contributed by atoms with Crippen LogP contribution in [0, 0.1) is 0 Å². The molecule has 0 saturated heterocycles. The number of carbonyl (C=O) groups excluding carboxylic acids is 1. The first kappa shape index (κ1) is 16.9. The number of anilines is 1. The van der Waals surface area contributed by atoms with Crippen LogP contribution >= 0.6 is 15.9 Å². The smallest absolute Gasteiger partial charge is 0.258 e. The van der Waals surface area contributed by atoms with E-state index in [4.69, 9.17) is 4.74 Å². The largest absolute Gasteiger partial charge is 0.489 e. The highest BCUT2D eigenvalue weighted by atomic mass is 79.9. The molecular weight excluding hydrogens is 390 g/mol. The van der Waals surface area contributed by atoms with Crippen LogP contribution in [0.4, 0.5) is 5.69 Å². The molecule has 0 radical (unpaired) electrons. The van der Waals surface area contributed by atoms with E-state index in [1.54, 1.807) is 0 Å². The van der Waals surface area contributed by atoms with E-state index in [2.05, 4.69) is 22.0 Å². The second-order valence-electron chi connectivity index (χ2n) is 6.28. The van der Waals surface area contributed by atoms with Crippen molar-refractivity contribution in [3.8, 4) is 5.75 Å². The molecule has 3 aromatic rings. The predicted octanol–water partition coefficient (Wildman–Crippen LogP) is 5.23. The zero-order valence-electron chi connectivity index (χ0n) is 14.2. The van der Waals surface area contributed by atoms with E-state index in [9.17, 15) is 4.79 Å². The lowest BCUT2D eigenvalue weighted by Gasteiger charge is -2.18. The van der Waals surface area contributed by atoms with Crippen molar-refractivity contribution in [2.45, 2.75) is 13.0 Å². The average molecular weight is 408 g/mol. The summed E-state index contributed by atoms with van der Waals surface area (Å²) in [5, 5.41) is 0. The third-order valence-electron chi connectivity index (χ3n) is 4.53. The summed E-state index contributed by atoms with van der Waals surface area (Å²) >= 11 is 3.41. The number of para-hydroxylation sites is 1. The summed E-state index contributed by atoms with van der Waals surface area (Å²) in [6.45, 7) is 1.16. The SMILES string of the molecule is O=C(c1cccc(COc2ccc(Br)cc2)c1)N1CCc2ccccc21. The van der Waals surface area contributed by atoms with Gasteiger partial charge in [-0.15, -0.1) is 0 Å². The van der Waals surface area contributed by atoms with E-state index in [0.29, 0.717) is 12.2 Å². The Hall–Kier alpha value is -2.59. The minimum Gasteiger partial charge on any atom is -0.489 e. The summed E-state index contributed by atoms with van der Waals surface area (Å²) in [6.07, 6.45) is 0.911. The lowest BCUT2D eigenvalue weighted by Crippen LogP contribution is -2.28. The van der Waals surface area contributed by atoms with E-state index >= 15 is 0 Å². The predicted molar refractivity (Wildman–Crippen MR) is 107 cm³/mol. The van der Waals surface area contributed by atoms with Gasteiger partial charge in [-0.3, -0.25) is 4.79 Å². The molecule has 3 nitrogen and oxygen atoms in total.